The number of benzene rings is 2. The topological polar surface area (TPSA) is 126 Å². The van der Waals surface area contributed by atoms with E-state index in [-0.39, 0.29) is 18.6 Å². The fourth-order valence-electron chi connectivity index (χ4n) is 3.41. The summed E-state index contributed by atoms with van der Waals surface area (Å²) >= 11 is 0. The highest BCUT2D eigenvalue weighted by Gasteiger charge is 2.23. The van der Waals surface area contributed by atoms with Crippen LogP contribution in [0.1, 0.15) is 32.9 Å². The first-order chi connectivity index (χ1) is 17.3. The smallest absolute Gasteiger partial charge is 0.338 e. The average molecular weight is 497 g/mol. The third-order valence-corrected chi connectivity index (χ3v) is 5.39. The molecule has 10 nitrogen and oxygen atoms in total. The molecule has 1 amide bonds. The van der Waals surface area contributed by atoms with Gasteiger partial charge < -0.3 is 28.8 Å². The highest BCUT2D eigenvalue weighted by molar-refractivity contribution is 5.92. The maximum Gasteiger partial charge on any atom is 0.338 e. The molecule has 2 aromatic carbocycles. The fourth-order valence-corrected chi connectivity index (χ4v) is 3.41. The van der Waals surface area contributed by atoms with Crippen LogP contribution in [0.15, 0.2) is 53.1 Å². The second-order valence-electron chi connectivity index (χ2n) is 7.87. The molecule has 0 saturated heterocycles. The Kier molecular flexibility index (Phi) is 9.04. The van der Waals surface area contributed by atoms with E-state index in [1.807, 2.05) is 37.3 Å². The lowest BCUT2D eigenvalue weighted by Gasteiger charge is -2.17. The lowest BCUT2D eigenvalue weighted by Crippen LogP contribution is -2.44. The third-order valence-electron chi connectivity index (χ3n) is 5.39. The molecule has 0 spiro atoms. The van der Waals surface area contributed by atoms with Gasteiger partial charge >= 0.3 is 11.9 Å². The van der Waals surface area contributed by atoms with Crippen molar-refractivity contribution in [2.45, 2.75) is 32.9 Å². The van der Waals surface area contributed by atoms with E-state index in [4.69, 9.17) is 23.5 Å². The van der Waals surface area contributed by atoms with Crippen molar-refractivity contribution in [2.75, 3.05) is 20.8 Å². The molecule has 0 aliphatic heterocycles. The Bertz CT molecular complexity index is 1190. The second kappa shape index (κ2) is 12.4. The van der Waals surface area contributed by atoms with Gasteiger partial charge in [-0.15, -0.1) is 0 Å². The zero-order valence-corrected chi connectivity index (χ0v) is 20.5. The molecule has 3 rings (SSSR count). The molecule has 1 unspecified atom stereocenters. The van der Waals surface area contributed by atoms with Crippen molar-refractivity contribution >= 4 is 17.8 Å². The predicted molar refractivity (Wildman–Crippen MR) is 128 cm³/mol. The standard InChI is InChI=1S/C26H28N2O8/c1-16-20(17(2)36-28-16)14-34-22-11-10-19(13-23(22)32-3)25(30)35-15-24(29)27-21(26(31)33-4)12-18-8-6-5-7-9-18/h5-11,13,21H,12,14-15H2,1-4H3,(H,27,29). The minimum atomic E-state index is -0.919. The molecular weight excluding hydrogens is 468 g/mol. The summed E-state index contributed by atoms with van der Waals surface area (Å²) in [5, 5.41) is 6.44. The Morgan fingerprint density at radius 1 is 1.03 bits per heavy atom. The molecule has 0 aliphatic carbocycles. The molecule has 0 saturated carbocycles. The average Bonchev–Trinajstić information content (AvgIpc) is 3.22. The summed E-state index contributed by atoms with van der Waals surface area (Å²) in [4.78, 5) is 37.0. The summed E-state index contributed by atoms with van der Waals surface area (Å²) in [5.74, 6) is -0.596. The number of hydrogen-bond donors (Lipinski definition) is 1. The van der Waals surface area contributed by atoms with Crippen molar-refractivity contribution in [1.82, 2.24) is 10.5 Å². The number of nitrogens with one attached hydrogen (secondary N) is 1. The third kappa shape index (κ3) is 6.84. The number of esters is 2. The van der Waals surface area contributed by atoms with Crippen LogP contribution < -0.4 is 14.8 Å². The van der Waals surface area contributed by atoms with E-state index in [0.29, 0.717) is 17.3 Å². The SMILES string of the molecule is COC(=O)C(Cc1ccccc1)NC(=O)COC(=O)c1ccc(OCc2c(C)noc2C)c(OC)c1. The monoisotopic (exact) mass is 496 g/mol. The molecule has 10 heteroatoms. The quantitative estimate of drug-likeness (QED) is 0.399. The Balaban J connectivity index is 1.58. The van der Waals surface area contributed by atoms with Crippen molar-refractivity contribution in [3.8, 4) is 11.5 Å². The molecule has 0 radical (unpaired) electrons. The summed E-state index contributed by atoms with van der Waals surface area (Å²) < 4.78 is 26.2. The Labute approximate surface area is 208 Å². The lowest BCUT2D eigenvalue weighted by atomic mass is 10.1. The van der Waals surface area contributed by atoms with Crippen LogP contribution in [0.2, 0.25) is 0 Å². The number of aromatic nitrogens is 1. The van der Waals surface area contributed by atoms with Crippen LogP contribution in [0, 0.1) is 13.8 Å². The van der Waals surface area contributed by atoms with Gasteiger partial charge in [0.15, 0.2) is 18.1 Å². The first kappa shape index (κ1) is 26.3. The second-order valence-corrected chi connectivity index (χ2v) is 7.87. The van der Waals surface area contributed by atoms with Crippen LogP contribution in [0.3, 0.4) is 0 Å². The Morgan fingerprint density at radius 2 is 1.78 bits per heavy atom. The Hall–Kier alpha value is -4.34. The first-order valence-corrected chi connectivity index (χ1v) is 11.1. The largest absolute Gasteiger partial charge is 0.493 e. The van der Waals surface area contributed by atoms with Gasteiger partial charge in [-0.05, 0) is 37.6 Å². The zero-order valence-electron chi connectivity index (χ0n) is 20.5. The van der Waals surface area contributed by atoms with Crippen molar-refractivity contribution < 1.29 is 37.9 Å². The van der Waals surface area contributed by atoms with Gasteiger partial charge in [0.1, 0.15) is 18.4 Å². The number of ether oxygens (including phenoxy) is 4. The van der Waals surface area contributed by atoms with Gasteiger partial charge in [-0.2, -0.15) is 0 Å². The van der Waals surface area contributed by atoms with E-state index in [1.54, 1.807) is 13.0 Å². The molecule has 0 fully saturated rings. The number of aryl methyl sites for hydroxylation is 2. The van der Waals surface area contributed by atoms with Gasteiger partial charge in [0, 0.05) is 6.42 Å². The lowest BCUT2D eigenvalue weighted by molar-refractivity contribution is -0.145. The van der Waals surface area contributed by atoms with E-state index in [1.165, 1.54) is 26.4 Å². The van der Waals surface area contributed by atoms with Gasteiger partial charge in [0.05, 0.1) is 31.0 Å². The number of carbonyl (C=O) groups excluding carboxylic acids is 3. The molecule has 0 bridgehead atoms. The summed E-state index contributed by atoms with van der Waals surface area (Å²) in [6.07, 6.45) is 0.236. The molecule has 1 atom stereocenters. The van der Waals surface area contributed by atoms with Gasteiger partial charge in [0.2, 0.25) is 0 Å². The van der Waals surface area contributed by atoms with Crippen molar-refractivity contribution in [3.63, 3.8) is 0 Å². The Morgan fingerprint density at radius 3 is 2.42 bits per heavy atom. The van der Waals surface area contributed by atoms with E-state index < -0.39 is 30.5 Å². The van der Waals surface area contributed by atoms with Crippen molar-refractivity contribution in [3.05, 3.63) is 76.7 Å². The van der Waals surface area contributed by atoms with E-state index in [2.05, 4.69) is 10.5 Å². The minimum Gasteiger partial charge on any atom is -0.493 e. The van der Waals surface area contributed by atoms with Crippen molar-refractivity contribution in [1.29, 1.82) is 0 Å². The summed E-state index contributed by atoms with van der Waals surface area (Å²) in [5.41, 5.74) is 2.55. The van der Waals surface area contributed by atoms with E-state index in [0.717, 1.165) is 16.8 Å². The van der Waals surface area contributed by atoms with Crippen LogP contribution in [-0.2, 0) is 32.1 Å². The van der Waals surface area contributed by atoms with Gasteiger partial charge in [0.25, 0.3) is 5.91 Å². The molecular formula is C26H28N2O8. The molecule has 36 heavy (non-hydrogen) atoms. The first-order valence-electron chi connectivity index (χ1n) is 11.1. The van der Waals surface area contributed by atoms with Crippen LogP contribution in [0.4, 0.5) is 0 Å². The van der Waals surface area contributed by atoms with Crippen molar-refractivity contribution in [2.24, 2.45) is 0 Å². The van der Waals surface area contributed by atoms with Crippen LogP contribution >= 0.6 is 0 Å². The zero-order chi connectivity index (χ0) is 26.1. The van der Waals surface area contributed by atoms with Crippen LogP contribution in [0.5, 0.6) is 11.5 Å². The molecule has 0 aliphatic rings. The van der Waals surface area contributed by atoms with Crippen LogP contribution in [-0.4, -0.2) is 49.9 Å². The van der Waals surface area contributed by atoms with E-state index >= 15 is 0 Å². The maximum absolute atomic E-state index is 12.5. The summed E-state index contributed by atoms with van der Waals surface area (Å²) in [7, 11) is 2.68. The van der Waals surface area contributed by atoms with E-state index in [9.17, 15) is 14.4 Å². The number of amides is 1. The molecule has 1 heterocycles. The van der Waals surface area contributed by atoms with Gasteiger partial charge in [-0.3, -0.25) is 4.79 Å². The molecule has 190 valence electrons. The summed E-state index contributed by atoms with van der Waals surface area (Å²) in [6.45, 7) is 3.25. The molecule has 3 aromatic rings. The highest BCUT2D eigenvalue weighted by atomic mass is 16.5. The molecule has 1 aromatic heterocycles. The number of methoxy groups -OCH3 is 2. The number of carbonyl (C=O) groups is 3. The maximum atomic E-state index is 12.5. The highest BCUT2D eigenvalue weighted by Crippen LogP contribution is 2.29. The predicted octanol–water partition coefficient (Wildman–Crippen LogP) is 2.94. The van der Waals surface area contributed by atoms with Gasteiger partial charge in [-0.25, -0.2) is 9.59 Å². The minimum absolute atomic E-state index is 0.165. The summed E-state index contributed by atoms with van der Waals surface area (Å²) in [6, 6.07) is 12.8. The molecule has 1 N–H and O–H groups in total. The number of nitrogens with zero attached hydrogens (tertiary/aromatic N) is 1. The van der Waals surface area contributed by atoms with Gasteiger partial charge in [-0.1, -0.05) is 35.5 Å². The van der Waals surface area contributed by atoms with Crippen LogP contribution in [0.25, 0.3) is 0 Å². The normalized spacial score (nSPS) is 11.3. The fraction of sp³-hybridized carbons (Fsp3) is 0.308. The number of hydrogen-bond acceptors (Lipinski definition) is 9. The number of rotatable bonds is 11.